The number of amides is 4. The summed E-state index contributed by atoms with van der Waals surface area (Å²) < 4.78 is 0. The molecule has 0 aliphatic rings. The molecule has 0 spiro atoms. The minimum atomic E-state index is -1.29. The third kappa shape index (κ3) is 9.89. The number of nitrogens with zero attached hydrogens (tertiary/aromatic N) is 1. The fourth-order valence-corrected chi connectivity index (χ4v) is 4.07. The highest BCUT2D eigenvalue weighted by Crippen LogP contribution is 2.08. The minimum Gasteiger partial charge on any atom is -0.480 e. The van der Waals surface area contributed by atoms with Gasteiger partial charge in [0, 0.05) is 31.2 Å². The summed E-state index contributed by atoms with van der Waals surface area (Å²) in [7, 11) is 0. The molecule has 0 aliphatic heterocycles. The number of aromatic amines is 1. The number of carboxylic acids is 1. The van der Waals surface area contributed by atoms with Crippen LogP contribution in [0, 0.1) is 0 Å². The molecule has 1 heterocycles. The molecule has 216 valence electrons. The lowest BCUT2D eigenvalue weighted by Gasteiger charge is -2.25. The number of aromatic nitrogens is 2. The van der Waals surface area contributed by atoms with Crippen molar-refractivity contribution < 1.29 is 29.1 Å². The number of H-pyrrole nitrogens is 1. The van der Waals surface area contributed by atoms with Gasteiger partial charge in [0.05, 0.1) is 18.8 Å². The number of imidazole rings is 1. The summed E-state index contributed by atoms with van der Waals surface area (Å²) in [5.41, 5.74) is 12.8. The van der Waals surface area contributed by atoms with E-state index in [9.17, 15) is 29.1 Å². The van der Waals surface area contributed by atoms with E-state index in [-0.39, 0.29) is 19.3 Å². The highest BCUT2D eigenvalue weighted by Gasteiger charge is 2.31. The van der Waals surface area contributed by atoms with E-state index in [4.69, 9.17) is 11.5 Å². The van der Waals surface area contributed by atoms with Crippen molar-refractivity contribution in [3.05, 3.63) is 90.0 Å². The first kappa shape index (κ1) is 30.5. The van der Waals surface area contributed by atoms with Crippen molar-refractivity contribution in [3.63, 3.8) is 0 Å². The van der Waals surface area contributed by atoms with E-state index in [1.54, 1.807) is 60.7 Å². The molecule has 13 heteroatoms. The lowest BCUT2D eigenvalue weighted by molar-refractivity contribution is -0.142. The van der Waals surface area contributed by atoms with Gasteiger partial charge in [-0.3, -0.25) is 19.2 Å². The molecule has 9 N–H and O–H groups in total. The van der Waals surface area contributed by atoms with Gasteiger partial charge in [0.2, 0.25) is 23.6 Å². The predicted molar refractivity (Wildman–Crippen MR) is 148 cm³/mol. The second-order valence-corrected chi connectivity index (χ2v) is 9.46. The fourth-order valence-electron chi connectivity index (χ4n) is 4.07. The van der Waals surface area contributed by atoms with Crippen molar-refractivity contribution in [2.45, 2.75) is 49.9 Å². The van der Waals surface area contributed by atoms with Gasteiger partial charge >= 0.3 is 5.97 Å². The molecule has 0 saturated carbocycles. The number of aliphatic carboxylic acids is 1. The molecule has 0 saturated heterocycles. The van der Waals surface area contributed by atoms with Crippen LogP contribution in [0.4, 0.5) is 0 Å². The molecule has 0 radical (unpaired) electrons. The van der Waals surface area contributed by atoms with Gasteiger partial charge in [-0.2, -0.15) is 0 Å². The molecule has 41 heavy (non-hydrogen) atoms. The number of nitrogens with one attached hydrogen (secondary N) is 4. The molecule has 0 bridgehead atoms. The lowest BCUT2D eigenvalue weighted by Crippen LogP contribution is -2.58. The maximum Gasteiger partial charge on any atom is 0.326 e. The number of rotatable bonds is 15. The average Bonchev–Trinajstić information content (AvgIpc) is 3.45. The second-order valence-electron chi connectivity index (χ2n) is 9.46. The highest BCUT2D eigenvalue weighted by atomic mass is 16.4. The van der Waals surface area contributed by atoms with E-state index in [0.29, 0.717) is 16.8 Å². The Hall–Kier alpha value is -5.04. The van der Waals surface area contributed by atoms with Crippen LogP contribution < -0.4 is 27.4 Å². The fraction of sp³-hybridized carbons (Fsp3) is 0.286. The largest absolute Gasteiger partial charge is 0.480 e. The molecule has 0 aliphatic carbocycles. The van der Waals surface area contributed by atoms with Gasteiger partial charge in [0.15, 0.2) is 0 Å². The molecule has 13 nitrogen and oxygen atoms in total. The standard InChI is InChI=1S/C28H33N7O6/c29-20(14-24(30)36)25(37)33-22(13-19-15-31-16-32-19)27(39)34-21(11-17-7-3-1-4-8-17)26(38)35-23(28(40)41)12-18-9-5-2-6-10-18/h1-10,15-16,20-23H,11-14,29H2,(H2,30,36)(H,31,32)(H,33,37)(H,34,39)(H,35,38)(H,40,41). The Morgan fingerprint density at radius 1 is 0.756 bits per heavy atom. The first-order valence-electron chi connectivity index (χ1n) is 12.8. The monoisotopic (exact) mass is 563 g/mol. The van der Waals surface area contributed by atoms with E-state index in [0.717, 1.165) is 0 Å². The number of primary amides is 1. The van der Waals surface area contributed by atoms with Crippen LogP contribution in [0.5, 0.6) is 0 Å². The van der Waals surface area contributed by atoms with Crippen LogP contribution in [-0.2, 0) is 43.2 Å². The smallest absolute Gasteiger partial charge is 0.326 e. The minimum absolute atomic E-state index is 0.0319. The van der Waals surface area contributed by atoms with E-state index >= 15 is 0 Å². The second kappa shape index (κ2) is 14.9. The summed E-state index contributed by atoms with van der Waals surface area (Å²) in [6.07, 6.45) is 2.47. The van der Waals surface area contributed by atoms with Crippen LogP contribution in [0.1, 0.15) is 23.2 Å². The third-order valence-corrected chi connectivity index (χ3v) is 6.18. The summed E-state index contributed by atoms with van der Waals surface area (Å²) in [4.78, 5) is 69.5. The maximum atomic E-state index is 13.5. The molecule has 2 aromatic carbocycles. The van der Waals surface area contributed by atoms with Crippen molar-refractivity contribution >= 4 is 29.6 Å². The quantitative estimate of drug-likeness (QED) is 0.123. The number of nitrogens with two attached hydrogens (primary N) is 2. The van der Waals surface area contributed by atoms with Gasteiger partial charge in [-0.1, -0.05) is 60.7 Å². The van der Waals surface area contributed by atoms with Gasteiger partial charge in [-0.05, 0) is 11.1 Å². The van der Waals surface area contributed by atoms with Crippen molar-refractivity contribution in [3.8, 4) is 0 Å². The van der Waals surface area contributed by atoms with Gasteiger partial charge in [-0.25, -0.2) is 9.78 Å². The van der Waals surface area contributed by atoms with Crippen LogP contribution in [0.2, 0.25) is 0 Å². The van der Waals surface area contributed by atoms with E-state index in [1.807, 2.05) is 0 Å². The van der Waals surface area contributed by atoms with E-state index in [2.05, 4.69) is 25.9 Å². The van der Waals surface area contributed by atoms with Crippen molar-refractivity contribution in [2.75, 3.05) is 0 Å². The van der Waals surface area contributed by atoms with Crippen LogP contribution in [-0.4, -0.2) is 68.8 Å². The Morgan fingerprint density at radius 3 is 1.73 bits per heavy atom. The Morgan fingerprint density at radius 2 is 1.24 bits per heavy atom. The summed E-state index contributed by atoms with van der Waals surface area (Å²) >= 11 is 0. The van der Waals surface area contributed by atoms with Crippen LogP contribution in [0.25, 0.3) is 0 Å². The Bertz CT molecular complexity index is 1320. The Labute approximate surface area is 236 Å². The predicted octanol–water partition coefficient (Wildman–Crippen LogP) is -0.821. The zero-order valence-electron chi connectivity index (χ0n) is 22.2. The molecular weight excluding hydrogens is 530 g/mol. The first-order valence-corrected chi connectivity index (χ1v) is 12.8. The van der Waals surface area contributed by atoms with Crippen molar-refractivity contribution in [1.82, 2.24) is 25.9 Å². The first-order chi connectivity index (χ1) is 19.6. The highest BCUT2D eigenvalue weighted by molar-refractivity contribution is 5.95. The molecule has 3 rings (SSSR count). The average molecular weight is 564 g/mol. The van der Waals surface area contributed by atoms with Crippen molar-refractivity contribution in [1.29, 1.82) is 0 Å². The molecule has 4 amide bonds. The summed E-state index contributed by atoms with van der Waals surface area (Å²) in [5.74, 6) is -4.26. The van der Waals surface area contributed by atoms with Gasteiger partial charge in [0.25, 0.3) is 0 Å². The van der Waals surface area contributed by atoms with Gasteiger partial charge in [-0.15, -0.1) is 0 Å². The molecule has 4 atom stereocenters. The van der Waals surface area contributed by atoms with Crippen molar-refractivity contribution in [2.24, 2.45) is 11.5 Å². The number of carbonyl (C=O) groups is 5. The maximum absolute atomic E-state index is 13.5. The van der Waals surface area contributed by atoms with Gasteiger partial charge < -0.3 is 37.5 Å². The molecule has 3 aromatic rings. The Balaban J connectivity index is 1.81. The van der Waals surface area contributed by atoms with Crippen LogP contribution in [0.3, 0.4) is 0 Å². The third-order valence-electron chi connectivity index (χ3n) is 6.18. The number of hydrogen-bond acceptors (Lipinski definition) is 7. The zero-order chi connectivity index (χ0) is 29.8. The summed E-state index contributed by atoms with van der Waals surface area (Å²) in [6, 6.07) is 12.7. The number of carboxylic acid groups (broad SMARTS) is 1. The normalized spacial score (nSPS) is 13.7. The molecule has 0 fully saturated rings. The number of benzene rings is 2. The summed E-state index contributed by atoms with van der Waals surface area (Å²) in [5, 5.41) is 17.5. The lowest BCUT2D eigenvalue weighted by atomic mass is 10.0. The van der Waals surface area contributed by atoms with E-state index in [1.165, 1.54) is 12.5 Å². The number of carbonyl (C=O) groups excluding carboxylic acids is 4. The molecular formula is C28H33N7O6. The number of hydrogen-bond donors (Lipinski definition) is 7. The van der Waals surface area contributed by atoms with Crippen LogP contribution >= 0.6 is 0 Å². The Kier molecular flexibility index (Phi) is 11.1. The zero-order valence-corrected chi connectivity index (χ0v) is 22.2. The van der Waals surface area contributed by atoms with Crippen LogP contribution in [0.15, 0.2) is 73.2 Å². The SMILES string of the molecule is NC(=O)CC(N)C(=O)NC(Cc1cnc[nH]1)C(=O)NC(Cc1ccccc1)C(=O)NC(Cc1ccccc1)C(=O)O. The van der Waals surface area contributed by atoms with Gasteiger partial charge in [0.1, 0.15) is 18.1 Å². The topological polar surface area (TPSA) is 222 Å². The van der Waals surface area contributed by atoms with E-state index < -0.39 is 60.2 Å². The summed E-state index contributed by atoms with van der Waals surface area (Å²) in [6.45, 7) is 0. The molecule has 1 aromatic heterocycles. The molecule has 4 unspecified atom stereocenters.